The van der Waals surface area contributed by atoms with Crippen LogP contribution in [0.5, 0.6) is 0 Å². The molecule has 0 spiro atoms. The highest BCUT2D eigenvalue weighted by Gasteiger charge is 2.25. The molecule has 3 nitrogen and oxygen atoms in total. The van der Waals surface area contributed by atoms with E-state index >= 15 is 0 Å². The molecular weight excluding hydrogens is 318 g/mol. The first-order valence-corrected chi connectivity index (χ1v) is 9.86. The van der Waals surface area contributed by atoms with Gasteiger partial charge in [-0.1, -0.05) is 24.3 Å². The van der Waals surface area contributed by atoms with Gasteiger partial charge in [-0.05, 0) is 78.8 Å². The lowest BCUT2D eigenvalue weighted by atomic mass is 9.83. The molecule has 0 radical (unpaired) electrons. The smallest absolute Gasteiger partial charge is 0.0454 e. The number of rotatable bonds is 3. The van der Waals surface area contributed by atoms with E-state index in [2.05, 4.69) is 64.3 Å². The van der Waals surface area contributed by atoms with Crippen LogP contribution in [0.25, 0.3) is 10.9 Å². The summed E-state index contributed by atoms with van der Waals surface area (Å²) in [7, 11) is 2.25. The lowest BCUT2D eigenvalue weighted by molar-refractivity contribution is 0.294. The van der Waals surface area contributed by atoms with Gasteiger partial charge < -0.3 is 9.88 Å². The Morgan fingerprint density at radius 2 is 1.92 bits per heavy atom. The number of likely N-dealkylation sites (N-methyl/N-ethyl adjacent to an activating group) is 1. The fraction of sp³-hybridized carbons (Fsp3) is 0.391. The Bertz CT molecular complexity index is 920. The highest BCUT2D eigenvalue weighted by atomic mass is 15.1. The minimum atomic E-state index is 0.462. The molecule has 1 unspecified atom stereocenters. The lowest BCUT2D eigenvalue weighted by Crippen LogP contribution is -2.31. The highest BCUT2D eigenvalue weighted by molar-refractivity contribution is 5.80. The Morgan fingerprint density at radius 1 is 1.04 bits per heavy atom. The number of hydrogen-bond donors (Lipinski definition) is 1. The number of aromatic amines is 1. The van der Waals surface area contributed by atoms with Crippen molar-refractivity contribution in [1.82, 2.24) is 14.8 Å². The van der Waals surface area contributed by atoms with E-state index in [0.717, 1.165) is 19.6 Å². The number of likely N-dealkylation sites (tertiary alicyclic amines) is 1. The fourth-order valence-electron chi connectivity index (χ4n) is 4.77. The SMILES string of the molecule is CN1Cc2cc(CN3CCCC3)ccc2C(c2ccc3[nH]ccc3c2)C1. The van der Waals surface area contributed by atoms with Crippen molar-refractivity contribution in [3.63, 3.8) is 0 Å². The summed E-state index contributed by atoms with van der Waals surface area (Å²) in [5, 5.41) is 1.31. The molecule has 26 heavy (non-hydrogen) atoms. The van der Waals surface area contributed by atoms with Crippen LogP contribution < -0.4 is 0 Å². The Labute approximate surface area is 155 Å². The number of H-pyrrole nitrogens is 1. The van der Waals surface area contributed by atoms with Crippen LogP contribution >= 0.6 is 0 Å². The molecule has 0 aliphatic carbocycles. The molecule has 3 aromatic rings. The van der Waals surface area contributed by atoms with Crippen LogP contribution in [0.3, 0.4) is 0 Å². The van der Waals surface area contributed by atoms with E-state index in [1.165, 1.54) is 59.1 Å². The van der Waals surface area contributed by atoms with E-state index in [4.69, 9.17) is 0 Å². The summed E-state index contributed by atoms with van der Waals surface area (Å²) in [5.41, 5.74) is 7.15. The molecule has 0 bridgehead atoms. The Hall–Kier alpha value is -2.10. The van der Waals surface area contributed by atoms with Gasteiger partial charge >= 0.3 is 0 Å². The Morgan fingerprint density at radius 3 is 2.81 bits per heavy atom. The van der Waals surface area contributed by atoms with Crippen molar-refractivity contribution < 1.29 is 0 Å². The molecule has 5 rings (SSSR count). The summed E-state index contributed by atoms with van der Waals surface area (Å²) < 4.78 is 0. The predicted octanol–water partition coefficient (Wildman–Crippen LogP) is 4.34. The molecule has 2 aliphatic heterocycles. The van der Waals surface area contributed by atoms with Crippen molar-refractivity contribution in [1.29, 1.82) is 0 Å². The van der Waals surface area contributed by atoms with Gasteiger partial charge in [0.2, 0.25) is 0 Å². The lowest BCUT2D eigenvalue weighted by Gasteiger charge is -2.33. The van der Waals surface area contributed by atoms with E-state index in [-0.39, 0.29) is 0 Å². The topological polar surface area (TPSA) is 22.3 Å². The van der Waals surface area contributed by atoms with E-state index < -0.39 is 0 Å². The number of benzene rings is 2. The molecule has 1 fully saturated rings. The molecule has 1 atom stereocenters. The number of hydrogen-bond acceptors (Lipinski definition) is 2. The number of nitrogens with one attached hydrogen (secondary N) is 1. The second-order valence-corrected chi connectivity index (χ2v) is 8.09. The highest BCUT2D eigenvalue weighted by Crippen LogP contribution is 2.35. The van der Waals surface area contributed by atoms with Crippen LogP contribution in [-0.4, -0.2) is 41.5 Å². The average molecular weight is 345 g/mol. The van der Waals surface area contributed by atoms with Gasteiger partial charge in [0.15, 0.2) is 0 Å². The standard InChI is InChI=1S/C23H27N3/c1-25-15-20-12-17(14-26-10-2-3-11-26)4-6-21(20)22(16-25)18-5-7-23-19(13-18)8-9-24-23/h4-9,12-13,22,24H,2-3,10-11,14-16H2,1H3. The maximum atomic E-state index is 3.30. The van der Waals surface area contributed by atoms with Crippen molar-refractivity contribution in [2.24, 2.45) is 0 Å². The van der Waals surface area contributed by atoms with E-state index in [0.29, 0.717) is 5.92 Å². The minimum Gasteiger partial charge on any atom is -0.361 e. The third-order valence-corrected chi connectivity index (χ3v) is 6.10. The van der Waals surface area contributed by atoms with Crippen molar-refractivity contribution in [2.45, 2.75) is 31.8 Å². The van der Waals surface area contributed by atoms with Crippen molar-refractivity contribution in [2.75, 3.05) is 26.7 Å². The third-order valence-electron chi connectivity index (χ3n) is 6.10. The van der Waals surface area contributed by atoms with Gasteiger partial charge in [0.1, 0.15) is 0 Å². The Balaban J connectivity index is 1.48. The molecule has 1 N–H and O–H groups in total. The van der Waals surface area contributed by atoms with Gasteiger partial charge in [-0.3, -0.25) is 4.90 Å². The number of fused-ring (bicyclic) bond motifs is 2. The van der Waals surface area contributed by atoms with E-state index in [9.17, 15) is 0 Å². The van der Waals surface area contributed by atoms with Gasteiger partial charge in [0.05, 0.1) is 0 Å². The minimum absolute atomic E-state index is 0.462. The van der Waals surface area contributed by atoms with Crippen LogP contribution in [0.15, 0.2) is 48.7 Å². The zero-order valence-electron chi connectivity index (χ0n) is 15.5. The van der Waals surface area contributed by atoms with E-state index in [1.807, 2.05) is 6.20 Å². The first kappa shape index (κ1) is 16.1. The zero-order chi connectivity index (χ0) is 17.5. The molecule has 0 saturated carbocycles. The zero-order valence-corrected chi connectivity index (χ0v) is 15.5. The first-order chi connectivity index (χ1) is 12.8. The molecule has 3 heteroatoms. The monoisotopic (exact) mass is 345 g/mol. The van der Waals surface area contributed by atoms with Gasteiger partial charge in [0, 0.05) is 37.3 Å². The second kappa shape index (κ2) is 6.57. The summed E-state index contributed by atoms with van der Waals surface area (Å²) >= 11 is 0. The summed E-state index contributed by atoms with van der Waals surface area (Å²) in [5.74, 6) is 0.462. The van der Waals surface area contributed by atoms with Crippen LogP contribution in [-0.2, 0) is 13.1 Å². The van der Waals surface area contributed by atoms with Crippen molar-refractivity contribution >= 4 is 10.9 Å². The molecule has 3 heterocycles. The van der Waals surface area contributed by atoms with Crippen molar-refractivity contribution in [3.8, 4) is 0 Å². The Kier molecular flexibility index (Phi) is 4.07. The van der Waals surface area contributed by atoms with Crippen LogP contribution in [0, 0.1) is 0 Å². The average Bonchev–Trinajstić information content (AvgIpc) is 3.31. The van der Waals surface area contributed by atoms with Gasteiger partial charge in [-0.25, -0.2) is 0 Å². The largest absolute Gasteiger partial charge is 0.361 e. The predicted molar refractivity (Wildman–Crippen MR) is 107 cm³/mol. The van der Waals surface area contributed by atoms with Crippen LogP contribution in [0.4, 0.5) is 0 Å². The molecular formula is C23H27N3. The number of aromatic nitrogens is 1. The fourth-order valence-corrected chi connectivity index (χ4v) is 4.77. The molecule has 1 saturated heterocycles. The molecule has 134 valence electrons. The van der Waals surface area contributed by atoms with E-state index in [1.54, 1.807) is 0 Å². The van der Waals surface area contributed by atoms with Crippen LogP contribution in [0.2, 0.25) is 0 Å². The molecule has 0 amide bonds. The van der Waals surface area contributed by atoms with Crippen molar-refractivity contribution in [3.05, 3.63) is 70.9 Å². The summed E-state index contributed by atoms with van der Waals surface area (Å²) in [6, 6.07) is 16.3. The maximum Gasteiger partial charge on any atom is 0.0454 e. The first-order valence-electron chi connectivity index (χ1n) is 9.86. The third kappa shape index (κ3) is 2.95. The summed E-state index contributed by atoms with van der Waals surface area (Å²) in [4.78, 5) is 8.36. The van der Waals surface area contributed by atoms with Gasteiger partial charge in [-0.2, -0.15) is 0 Å². The second-order valence-electron chi connectivity index (χ2n) is 8.09. The van der Waals surface area contributed by atoms with Gasteiger partial charge in [-0.15, -0.1) is 0 Å². The number of nitrogens with zero attached hydrogens (tertiary/aromatic N) is 2. The summed E-state index contributed by atoms with van der Waals surface area (Å²) in [6.45, 7) is 5.78. The maximum absolute atomic E-state index is 3.30. The molecule has 2 aromatic carbocycles. The molecule has 1 aromatic heterocycles. The normalized spacial score (nSPS) is 21.3. The molecule has 2 aliphatic rings. The quantitative estimate of drug-likeness (QED) is 0.763. The van der Waals surface area contributed by atoms with Gasteiger partial charge in [0.25, 0.3) is 0 Å². The summed E-state index contributed by atoms with van der Waals surface area (Å²) in [6.07, 6.45) is 4.74. The van der Waals surface area contributed by atoms with Crippen LogP contribution in [0.1, 0.15) is 41.0 Å².